The number of anilines is 1. The number of rotatable bonds is 5. The van der Waals surface area contributed by atoms with Gasteiger partial charge in [0, 0.05) is 59.6 Å². The van der Waals surface area contributed by atoms with E-state index in [1.165, 1.54) is 0 Å². The summed E-state index contributed by atoms with van der Waals surface area (Å²) in [6.07, 6.45) is 3.67. The highest BCUT2D eigenvalue weighted by atomic mass is 16.5. The zero-order valence-corrected chi connectivity index (χ0v) is 21.8. The quantitative estimate of drug-likeness (QED) is 0.432. The predicted octanol–water partition coefficient (Wildman–Crippen LogP) is 4.23. The second kappa shape index (κ2) is 10.5. The number of benzene rings is 2. The highest BCUT2D eigenvalue weighted by Crippen LogP contribution is 2.39. The Morgan fingerprint density at radius 2 is 1.71 bits per heavy atom. The van der Waals surface area contributed by atoms with Crippen molar-refractivity contribution in [2.45, 2.75) is 25.9 Å². The summed E-state index contributed by atoms with van der Waals surface area (Å²) in [6, 6.07) is 19.8. The number of pyridine rings is 2. The summed E-state index contributed by atoms with van der Waals surface area (Å²) in [4.78, 5) is 25.9. The van der Waals surface area contributed by atoms with Crippen molar-refractivity contribution in [1.82, 2.24) is 14.9 Å². The molecule has 0 spiro atoms. The number of amides is 1. The first-order valence-corrected chi connectivity index (χ1v) is 12.6. The molecule has 4 aromatic rings. The van der Waals surface area contributed by atoms with Gasteiger partial charge in [0.15, 0.2) is 0 Å². The van der Waals surface area contributed by atoms with E-state index in [1.54, 1.807) is 7.11 Å². The molecule has 192 valence electrons. The molecule has 8 heteroatoms. The molecule has 2 aromatic heterocycles. The molecule has 1 amide bonds. The van der Waals surface area contributed by atoms with Gasteiger partial charge in [0.1, 0.15) is 11.6 Å². The van der Waals surface area contributed by atoms with Crippen molar-refractivity contribution in [3.05, 3.63) is 72.6 Å². The maximum Gasteiger partial charge on any atom is 0.236 e. The predicted molar refractivity (Wildman–Crippen MR) is 149 cm³/mol. The van der Waals surface area contributed by atoms with E-state index in [0.29, 0.717) is 18.7 Å². The number of hydrogen-bond donors (Lipinski definition) is 1. The van der Waals surface area contributed by atoms with Gasteiger partial charge in [0.25, 0.3) is 0 Å². The fourth-order valence-electron chi connectivity index (χ4n) is 5.42. The molecule has 1 aliphatic heterocycles. The van der Waals surface area contributed by atoms with Crippen LogP contribution in [0.3, 0.4) is 0 Å². The standard InChI is InChI=1S/C30H30N6O2/c1-19-17-35(18-20(2)36(19)28(37)14-32)27-12-11-23(15-33-27)26-16-34-29-24(5-4-6-25(29)30(26)38-3)22-9-7-21(13-31)8-10-22/h4-12,15-16,19-20H,14,17-18,32H2,1-3H3/t19-,20?/m1/s1. The van der Waals surface area contributed by atoms with Gasteiger partial charge in [-0.25, -0.2) is 4.98 Å². The van der Waals surface area contributed by atoms with Crippen LogP contribution in [0, 0.1) is 11.3 Å². The van der Waals surface area contributed by atoms with Gasteiger partial charge in [-0.05, 0) is 49.7 Å². The average Bonchev–Trinajstić information content (AvgIpc) is 2.95. The van der Waals surface area contributed by atoms with Crippen molar-refractivity contribution in [2.75, 3.05) is 31.6 Å². The number of piperazine rings is 1. The Morgan fingerprint density at radius 1 is 1.00 bits per heavy atom. The Labute approximate surface area is 222 Å². The molecule has 8 nitrogen and oxygen atoms in total. The topological polar surface area (TPSA) is 108 Å². The van der Waals surface area contributed by atoms with Gasteiger partial charge in [-0.3, -0.25) is 9.78 Å². The zero-order chi connectivity index (χ0) is 26.8. The van der Waals surface area contributed by atoms with Crippen molar-refractivity contribution >= 4 is 22.6 Å². The van der Waals surface area contributed by atoms with Crippen LogP contribution in [-0.2, 0) is 4.79 Å². The maximum absolute atomic E-state index is 12.3. The van der Waals surface area contributed by atoms with Gasteiger partial charge >= 0.3 is 0 Å². The van der Waals surface area contributed by atoms with E-state index < -0.39 is 0 Å². The van der Waals surface area contributed by atoms with Crippen LogP contribution in [0.25, 0.3) is 33.2 Å². The summed E-state index contributed by atoms with van der Waals surface area (Å²) in [6.45, 7) is 5.51. The highest BCUT2D eigenvalue weighted by molar-refractivity contribution is 6.00. The van der Waals surface area contributed by atoms with Crippen LogP contribution in [0.15, 0.2) is 67.0 Å². The Morgan fingerprint density at radius 3 is 2.32 bits per heavy atom. The Bertz CT molecular complexity index is 1500. The van der Waals surface area contributed by atoms with Gasteiger partial charge in [0.05, 0.1) is 30.8 Å². The van der Waals surface area contributed by atoms with E-state index in [-0.39, 0.29) is 24.5 Å². The molecule has 2 atom stereocenters. The van der Waals surface area contributed by atoms with Crippen molar-refractivity contribution in [1.29, 1.82) is 5.26 Å². The Kier molecular flexibility index (Phi) is 6.95. The number of carbonyl (C=O) groups is 1. The number of methoxy groups -OCH3 is 1. The summed E-state index contributed by atoms with van der Waals surface area (Å²) in [5.74, 6) is 1.57. The van der Waals surface area contributed by atoms with Crippen LogP contribution in [0.1, 0.15) is 19.4 Å². The lowest BCUT2D eigenvalue weighted by atomic mass is 9.98. The molecule has 0 radical (unpaired) electrons. The van der Waals surface area contributed by atoms with Crippen LogP contribution in [0.2, 0.25) is 0 Å². The summed E-state index contributed by atoms with van der Waals surface area (Å²) in [5, 5.41) is 10.0. The first-order valence-electron chi connectivity index (χ1n) is 12.6. The van der Waals surface area contributed by atoms with E-state index in [1.807, 2.05) is 85.7 Å². The second-order valence-corrected chi connectivity index (χ2v) is 9.61. The fourth-order valence-corrected chi connectivity index (χ4v) is 5.42. The van der Waals surface area contributed by atoms with Crippen LogP contribution >= 0.6 is 0 Å². The lowest BCUT2D eigenvalue weighted by molar-refractivity contribution is -0.134. The van der Waals surface area contributed by atoms with Gasteiger partial charge in [-0.2, -0.15) is 5.26 Å². The van der Waals surface area contributed by atoms with Gasteiger partial charge in [0.2, 0.25) is 5.91 Å². The van der Waals surface area contributed by atoms with Crippen molar-refractivity contribution < 1.29 is 9.53 Å². The third kappa shape index (κ3) is 4.53. The van der Waals surface area contributed by atoms with Gasteiger partial charge in [-0.15, -0.1) is 0 Å². The van der Waals surface area contributed by atoms with Gasteiger partial charge in [-0.1, -0.05) is 24.3 Å². The first-order chi connectivity index (χ1) is 18.4. The SMILES string of the molecule is COc1c(-c2ccc(N3CC(C)N(C(=O)CN)[C@H](C)C3)nc2)cnc2c(-c3ccc(C#N)cc3)cccc12. The number of carbonyl (C=O) groups excluding carboxylic acids is 1. The van der Waals surface area contributed by atoms with E-state index in [9.17, 15) is 4.79 Å². The molecule has 2 aromatic carbocycles. The monoisotopic (exact) mass is 506 g/mol. The molecule has 3 heterocycles. The molecule has 1 saturated heterocycles. The second-order valence-electron chi connectivity index (χ2n) is 9.61. The average molecular weight is 507 g/mol. The summed E-state index contributed by atoms with van der Waals surface area (Å²) in [5.41, 5.74) is 10.8. The third-order valence-electron chi connectivity index (χ3n) is 7.14. The smallest absolute Gasteiger partial charge is 0.236 e. The van der Waals surface area contributed by atoms with E-state index in [4.69, 9.17) is 25.7 Å². The lowest BCUT2D eigenvalue weighted by Gasteiger charge is -2.44. The molecule has 0 saturated carbocycles. The normalized spacial score (nSPS) is 17.3. The highest BCUT2D eigenvalue weighted by Gasteiger charge is 2.32. The van der Waals surface area contributed by atoms with Crippen molar-refractivity contribution in [2.24, 2.45) is 5.73 Å². The Balaban J connectivity index is 1.45. The third-order valence-corrected chi connectivity index (χ3v) is 7.14. The van der Waals surface area contributed by atoms with Crippen LogP contribution in [-0.4, -0.2) is 59.6 Å². The number of nitrogens with zero attached hydrogens (tertiary/aromatic N) is 5. The number of hydrogen-bond acceptors (Lipinski definition) is 7. The first kappa shape index (κ1) is 25.2. The molecule has 1 aliphatic rings. The van der Waals surface area contributed by atoms with Crippen LogP contribution in [0.5, 0.6) is 5.75 Å². The molecule has 1 fully saturated rings. The van der Waals surface area contributed by atoms with Crippen molar-refractivity contribution in [3.8, 4) is 34.1 Å². The minimum atomic E-state index is -0.0220. The van der Waals surface area contributed by atoms with Crippen LogP contribution in [0.4, 0.5) is 5.82 Å². The van der Waals surface area contributed by atoms with Crippen LogP contribution < -0.4 is 15.4 Å². The van der Waals surface area contributed by atoms with E-state index in [2.05, 4.69) is 11.0 Å². The molecule has 38 heavy (non-hydrogen) atoms. The Hall–Kier alpha value is -4.48. The summed E-state index contributed by atoms with van der Waals surface area (Å²) >= 11 is 0. The number of ether oxygens (including phenoxy) is 1. The molecule has 1 unspecified atom stereocenters. The molecule has 0 aliphatic carbocycles. The molecular weight excluding hydrogens is 476 g/mol. The minimum Gasteiger partial charge on any atom is -0.495 e. The number of para-hydroxylation sites is 1. The summed E-state index contributed by atoms with van der Waals surface area (Å²) in [7, 11) is 1.67. The number of nitrogens with two attached hydrogens (primary N) is 1. The number of fused-ring (bicyclic) bond motifs is 1. The van der Waals surface area contributed by atoms with Crippen molar-refractivity contribution in [3.63, 3.8) is 0 Å². The number of nitriles is 1. The summed E-state index contributed by atoms with van der Waals surface area (Å²) < 4.78 is 5.89. The van der Waals surface area contributed by atoms with Gasteiger partial charge < -0.3 is 20.3 Å². The largest absolute Gasteiger partial charge is 0.495 e. The molecule has 2 N–H and O–H groups in total. The van der Waals surface area contributed by atoms with E-state index >= 15 is 0 Å². The molecule has 0 bridgehead atoms. The zero-order valence-electron chi connectivity index (χ0n) is 21.8. The molecule has 5 rings (SSSR count). The molecular formula is C30H30N6O2. The fraction of sp³-hybridized carbons (Fsp3) is 0.267. The van der Waals surface area contributed by atoms with E-state index in [0.717, 1.165) is 44.7 Å². The lowest BCUT2D eigenvalue weighted by Crippen LogP contribution is -2.60. The maximum atomic E-state index is 12.3. The minimum absolute atomic E-state index is 0.0220. The number of aromatic nitrogens is 2.